The lowest BCUT2D eigenvalue weighted by molar-refractivity contribution is 0.346. The van der Waals surface area contributed by atoms with Gasteiger partial charge < -0.3 is 4.74 Å². The molecule has 0 N–H and O–H groups in total. The van der Waals surface area contributed by atoms with Crippen LogP contribution in [0.4, 0.5) is 0 Å². The van der Waals surface area contributed by atoms with Gasteiger partial charge in [0.25, 0.3) is 0 Å². The van der Waals surface area contributed by atoms with Crippen LogP contribution in [0.5, 0.6) is 0 Å². The summed E-state index contributed by atoms with van der Waals surface area (Å²) in [5, 5.41) is 0. The lowest BCUT2D eigenvalue weighted by atomic mass is 10.1. The van der Waals surface area contributed by atoms with E-state index in [2.05, 4.69) is 6.92 Å². The molecule has 3 heteroatoms. The monoisotopic (exact) mass is 234 g/mol. The van der Waals surface area contributed by atoms with E-state index < -0.39 is 0 Å². The molecule has 0 unspecified atom stereocenters. The van der Waals surface area contributed by atoms with E-state index in [-0.39, 0.29) is 0 Å². The number of thiocarbonyl (C=S) groups is 1. The molecule has 1 nitrogen and oxygen atoms in total. The highest BCUT2D eigenvalue weighted by molar-refractivity contribution is 8.22. The van der Waals surface area contributed by atoms with Crippen molar-refractivity contribution in [3.8, 4) is 0 Å². The number of unbranched alkanes of at least 4 members (excludes halogenated alkanes) is 5. The number of hydrogen-bond donors (Lipinski definition) is 0. The molecule has 0 rings (SSSR count). The highest BCUT2D eigenvalue weighted by Gasteiger charge is 1.96. The third kappa shape index (κ3) is 10.3. The molecule has 0 saturated carbocycles. The van der Waals surface area contributed by atoms with Crippen molar-refractivity contribution < 1.29 is 4.74 Å². The molecule has 0 atom stereocenters. The first-order chi connectivity index (χ1) is 6.81. The minimum Gasteiger partial charge on any atom is -0.479 e. The predicted molar refractivity (Wildman–Crippen MR) is 70.1 cm³/mol. The Bertz CT molecular complexity index is 137. The molecule has 0 aliphatic rings. The fourth-order valence-electron chi connectivity index (χ4n) is 1.20. The molecular formula is C11H22OS2. The van der Waals surface area contributed by atoms with Gasteiger partial charge in [-0.3, -0.25) is 0 Å². The molecule has 84 valence electrons. The molecule has 0 saturated heterocycles. The molecule has 0 fully saturated rings. The summed E-state index contributed by atoms with van der Waals surface area (Å²) in [6.07, 6.45) is 8.06. The quantitative estimate of drug-likeness (QED) is 0.455. The fourth-order valence-corrected chi connectivity index (χ4v) is 2.28. The lowest BCUT2D eigenvalue weighted by Gasteiger charge is -2.03. The molecular weight excluding hydrogens is 212 g/mol. The summed E-state index contributed by atoms with van der Waals surface area (Å²) in [4.78, 5) is 0. The van der Waals surface area contributed by atoms with Gasteiger partial charge in [0, 0.05) is 5.75 Å². The van der Waals surface area contributed by atoms with Crippen LogP contribution in [0, 0.1) is 0 Å². The smallest absolute Gasteiger partial charge is 0.219 e. The predicted octanol–water partition coefficient (Wildman–Crippen LogP) is 4.40. The molecule has 0 radical (unpaired) electrons. The van der Waals surface area contributed by atoms with Crippen LogP contribution in [-0.2, 0) is 4.74 Å². The van der Waals surface area contributed by atoms with Crippen LogP contribution in [0.25, 0.3) is 0 Å². The zero-order chi connectivity index (χ0) is 10.6. The van der Waals surface area contributed by atoms with Crippen LogP contribution >= 0.6 is 24.0 Å². The summed E-state index contributed by atoms with van der Waals surface area (Å²) in [5.41, 5.74) is 0. The SMILES string of the molecule is CCCCCCCCSC(=S)OCC. The van der Waals surface area contributed by atoms with Gasteiger partial charge in [-0.15, -0.1) is 0 Å². The standard InChI is InChI=1S/C11H22OS2/c1-3-5-6-7-8-9-10-14-11(13)12-4-2/h3-10H2,1-2H3. The summed E-state index contributed by atoms with van der Waals surface area (Å²) >= 11 is 6.69. The van der Waals surface area contributed by atoms with E-state index in [9.17, 15) is 0 Å². The van der Waals surface area contributed by atoms with Gasteiger partial charge in [-0.1, -0.05) is 50.8 Å². The van der Waals surface area contributed by atoms with Gasteiger partial charge >= 0.3 is 0 Å². The van der Waals surface area contributed by atoms with Crippen LogP contribution in [-0.4, -0.2) is 16.7 Å². The Morgan fingerprint density at radius 1 is 1.07 bits per heavy atom. The van der Waals surface area contributed by atoms with Gasteiger partial charge in [-0.25, -0.2) is 0 Å². The van der Waals surface area contributed by atoms with Crippen LogP contribution in [0.1, 0.15) is 52.4 Å². The van der Waals surface area contributed by atoms with Crippen molar-refractivity contribution in [1.29, 1.82) is 0 Å². The Kier molecular flexibility index (Phi) is 11.5. The number of thioether (sulfide) groups is 1. The fraction of sp³-hybridized carbons (Fsp3) is 0.909. The Balaban J connectivity index is 3.01. The first-order valence-electron chi connectivity index (χ1n) is 5.60. The zero-order valence-corrected chi connectivity index (χ0v) is 11.0. The molecule has 0 bridgehead atoms. The van der Waals surface area contributed by atoms with E-state index >= 15 is 0 Å². The second-order valence-electron chi connectivity index (χ2n) is 3.30. The van der Waals surface area contributed by atoms with Crippen molar-refractivity contribution in [1.82, 2.24) is 0 Å². The maximum atomic E-state index is 5.18. The van der Waals surface area contributed by atoms with E-state index in [0.29, 0.717) is 11.0 Å². The third-order valence-electron chi connectivity index (χ3n) is 1.98. The van der Waals surface area contributed by atoms with Crippen LogP contribution in [0.15, 0.2) is 0 Å². The summed E-state index contributed by atoms with van der Waals surface area (Å²) in [6, 6.07) is 0. The van der Waals surface area contributed by atoms with Crippen LogP contribution < -0.4 is 0 Å². The van der Waals surface area contributed by atoms with Gasteiger partial charge in [0.2, 0.25) is 4.38 Å². The van der Waals surface area contributed by atoms with Gasteiger partial charge in [0.15, 0.2) is 0 Å². The third-order valence-corrected chi connectivity index (χ3v) is 3.30. The van der Waals surface area contributed by atoms with Crippen molar-refractivity contribution in [2.24, 2.45) is 0 Å². The summed E-state index contributed by atoms with van der Waals surface area (Å²) in [7, 11) is 0. The highest BCUT2D eigenvalue weighted by atomic mass is 32.2. The van der Waals surface area contributed by atoms with Crippen molar-refractivity contribution in [2.45, 2.75) is 52.4 Å². The number of ether oxygens (including phenoxy) is 1. The first kappa shape index (κ1) is 14.2. The largest absolute Gasteiger partial charge is 0.479 e. The summed E-state index contributed by atoms with van der Waals surface area (Å²) < 4.78 is 5.89. The highest BCUT2D eigenvalue weighted by Crippen LogP contribution is 2.11. The molecule has 0 aromatic heterocycles. The van der Waals surface area contributed by atoms with Crippen molar-refractivity contribution >= 4 is 28.4 Å². The van der Waals surface area contributed by atoms with Gasteiger partial charge in [-0.05, 0) is 25.6 Å². The van der Waals surface area contributed by atoms with E-state index in [4.69, 9.17) is 17.0 Å². The average Bonchev–Trinajstić information content (AvgIpc) is 2.17. The van der Waals surface area contributed by atoms with Crippen molar-refractivity contribution in [2.75, 3.05) is 12.4 Å². The second-order valence-corrected chi connectivity index (χ2v) is 5.00. The Morgan fingerprint density at radius 2 is 1.71 bits per heavy atom. The molecule has 0 spiro atoms. The second kappa shape index (κ2) is 11.3. The first-order valence-corrected chi connectivity index (χ1v) is 7.00. The maximum absolute atomic E-state index is 5.18. The Morgan fingerprint density at radius 3 is 2.36 bits per heavy atom. The van der Waals surface area contributed by atoms with Crippen LogP contribution in [0.2, 0.25) is 0 Å². The Labute approximate surface area is 98.0 Å². The normalized spacial score (nSPS) is 10.1. The lowest BCUT2D eigenvalue weighted by Crippen LogP contribution is -1.96. The van der Waals surface area contributed by atoms with E-state index in [1.165, 1.54) is 38.5 Å². The van der Waals surface area contributed by atoms with Gasteiger partial charge in [0.1, 0.15) is 0 Å². The van der Waals surface area contributed by atoms with E-state index in [1.54, 1.807) is 11.8 Å². The zero-order valence-electron chi connectivity index (χ0n) is 9.38. The van der Waals surface area contributed by atoms with Gasteiger partial charge in [0.05, 0.1) is 6.61 Å². The van der Waals surface area contributed by atoms with Crippen molar-refractivity contribution in [3.05, 3.63) is 0 Å². The van der Waals surface area contributed by atoms with Gasteiger partial charge in [-0.2, -0.15) is 0 Å². The molecule has 0 aromatic rings. The van der Waals surface area contributed by atoms with Crippen molar-refractivity contribution in [3.63, 3.8) is 0 Å². The minimum absolute atomic E-state index is 0.697. The number of hydrogen-bond acceptors (Lipinski definition) is 3. The molecule has 0 aliphatic carbocycles. The molecule has 0 aromatic carbocycles. The molecule has 0 aliphatic heterocycles. The minimum atomic E-state index is 0.697. The van der Waals surface area contributed by atoms with Crippen LogP contribution in [0.3, 0.4) is 0 Å². The maximum Gasteiger partial charge on any atom is 0.219 e. The van der Waals surface area contributed by atoms with E-state index in [0.717, 1.165) is 5.75 Å². The molecule has 0 amide bonds. The Hall–Kier alpha value is 0.240. The topological polar surface area (TPSA) is 9.23 Å². The van der Waals surface area contributed by atoms with E-state index in [1.807, 2.05) is 6.92 Å². The summed E-state index contributed by atoms with van der Waals surface area (Å²) in [6.45, 7) is 4.91. The summed E-state index contributed by atoms with van der Waals surface area (Å²) in [5.74, 6) is 1.12. The number of rotatable bonds is 8. The average molecular weight is 234 g/mol. The molecule has 14 heavy (non-hydrogen) atoms. The molecule has 0 heterocycles.